The molecule has 4 nitrogen and oxygen atoms in total. The van der Waals surface area contributed by atoms with Gasteiger partial charge in [-0.25, -0.2) is 0 Å². The predicted molar refractivity (Wildman–Crippen MR) is 60.7 cm³/mol. The monoisotopic (exact) mass is 220 g/mol. The van der Waals surface area contributed by atoms with Gasteiger partial charge in [0.15, 0.2) is 0 Å². The number of nitrogens with zero attached hydrogens (tertiary/aromatic N) is 1. The number of hydrogen-bond acceptors (Lipinski definition) is 3. The van der Waals surface area contributed by atoms with Gasteiger partial charge < -0.3 is 15.7 Å². The van der Waals surface area contributed by atoms with Crippen molar-refractivity contribution < 1.29 is 9.90 Å². The van der Waals surface area contributed by atoms with E-state index in [2.05, 4.69) is 0 Å². The molecule has 2 unspecified atom stereocenters. The molecule has 4 heteroatoms. The van der Waals surface area contributed by atoms with E-state index in [1.165, 1.54) is 0 Å². The molecule has 1 aromatic carbocycles. The van der Waals surface area contributed by atoms with E-state index >= 15 is 0 Å². The van der Waals surface area contributed by atoms with Crippen LogP contribution >= 0.6 is 0 Å². The van der Waals surface area contributed by atoms with Gasteiger partial charge in [0.25, 0.3) is 0 Å². The number of benzene rings is 1. The largest absolute Gasteiger partial charge is 0.508 e. The van der Waals surface area contributed by atoms with Crippen LogP contribution in [0.1, 0.15) is 12.0 Å². The standard InChI is InChI=1S/C12H16N2O2/c1-14(12(16)9-6-10(9)13)7-8-4-2-3-5-11(8)15/h2-5,9-10,15H,6-7,13H2,1H3. The summed E-state index contributed by atoms with van der Waals surface area (Å²) in [4.78, 5) is 13.4. The second kappa shape index (κ2) is 4.14. The maximum atomic E-state index is 11.8. The molecular weight excluding hydrogens is 204 g/mol. The molecule has 0 spiro atoms. The average molecular weight is 220 g/mol. The lowest BCUT2D eigenvalue weighted by Crippen LogP contribution is -2.29. The van der Waals surface area contributed by atoms with Gasteiger partial charge in [-0.1, -0.05) is 18.2 Å². The number of phenolic OH excluding ortho intramolecular Hbond substituents is 1. The molecule has 0 aromatic heterocycles. The van der Waals surface area contributed by atoms with E-state index < -0.39 is 0 Å². The number of aromatic hydroxyl groups is 1. The van der Waals surface area contributed by atoms with Crippen molar-refractivity contribution in [2.75, 3.05) is 7.05 Å². The van der Waals surface area contributed by atoms with Gasteiger partial charge in [0.2, 0.25) is 5.91 Å². The van der Waals surface area contributed by atoms with Crippen molar-refractivity contribution in [2.24, 2.45) is 11.7 Å². The summed E-state index contributed by atoms with van der Waals surface area (Å²) in [6.07, 6.45) is 0.782. The number of rotatable bonds is 3. The second-order valence-corrected chi connectivity index (χ2v) is 4.33. The SMILES string of the molecule is CN(Cc1ccccc1O)C(=O)C1CC1N. The van der Waals surface area contributed by atoms with Crippen LogP contribution in [0.3, 0.4) is 0 Å². The highest BCUT2D eigenvalue weighted by Crippen LogP contribution is 2.30. The quantitative estimate of drug-likeness (QED) is 0.788. The molecule has 2 rings (SSSR count). The topological polar surface area (TPSA) is 66.6 Å². The van der Waals surface area contributed by atoms with Crippen LogP contribution in [-0.4, -0.2) is 29.0 Å². The first kappa shape index (κ1) is 11.0. The summed E-state index contributed by atoms with van der Waals surface area (Å²) in [5.74, 6) is 0.272. The minimum absolute atomic E-state index is 0.0177. The molecule has 1 aromatic rings. The Balaban J connectivity index is 1.99. The van der Waals surface area contributed by atoms with Crippen LogP contribution in [-0.2, 0) is 11.3 Å². The smallest absolute Gasteiger partial charge is 0.227 e. The molecule has 2 atom stereocenters. The molecule has 0 radical (unpaired) electrons. The number of carbonyl (C=O) groups excluding carboxylic acids is 1. The first-order chi connectivity index (χ1) is 7.59. The maximum Gasteiger partial charge on any atom is 0.227 e. The van der Waals surface area contributed by atoms with Crippen molar-refractivity contribution in [1.82, 2.24) is 4.90 Å². The van der Waals surface area contributed by atoms with Gasteiger partial charge in [0, 0.05) is 25.2 Å². The molecule has 16 heavy (non-hydrogen) atoms. The first-order valence-corrected chi connectivity index (χ1v) is 5.37. The summed E-state index contributed by atoms with van der Waals surface area (Å²) in [7, 11) is 1.74. The van der Waals surface area contributed by atoms with Crippen molar-refractivity contribution >= 4 is 5.91 Å². The van der Waals surface area contributed by atoms with Gasteiger partial charge in [-0.2, -0.15) is 0 Å². The molecule has 3 N–H and O–H groups in total. The summed E-state index contributed by atoms with van der Waals surface area (Å²) < 4.78 is 0. The Morgan fingerprint density at radius 2 is 2.19 bits per heavy atom. The van der Waals surface area contributed by atoms with Crippen molar-refractivity contribution in [3.8, 4) is 5.75 Å². The van der Waals surface area contributed by atoms with Crippen LogP contribution in [0.4, 0.5) is 0 Å². The molecule has 1 amide bonds. The minimum Gasteiger partial charge on any atom is -0.508 e. The van der Waals surface area contributed by atoms with Crippen LogP contribution in [0.5, 0.6) is 5.75 Å². The summed E-state index contributed by atoms with van der Waals surface area (Å²) in [5, 5.41) is 9.58. The third-order valence-corrected chi connectivity index (χ3v) is 2.93. The molecule has 0 aliphatic heterocycles. The summed E-state index contributed by atoms with van der Waals surface area (Å²) in [5.41, 5.74) is 6.39. The zero-order valence-electron chi connectivity index (χ0n) is 9.26. The number of para-hydroxylation sites is 1. The number of amides is 1. The van der Waals surface area contributed by atoms with Crippen LogP contribution in [0.25, 0.3) is 0 Å². The summed E-state index contributed by atoms with van der Waals surface area (Å²) in [6, 6.07) is 7.06. The Kier molecular flexibility index (Phi) is 2.83. The highest BCUT2D eigenvalue weighted by atomic mass is 16.3. The van der Waals surface area contributed by atoms with Crippen molar-refractivity contribution in [1.29, 1.82) is 0 Å². The molecule has 0 saturated heterocycles. The molecule has 1 saturated carbocycles. The van der Waals surface area contributed by atoms with Gasteiger partial charge in [-0.3, -0.25) is 4.79 Å². The van der Waals surface area contributed by atoms with E-state index in [0.717, 1.165) is 12.0 Å². The fourth-order valence-corrected chi connectivity index (χ4v) is 1.76. The van der Waals surface area contributed by atoms with Crippen molar-refractivity contribution in [2.45, 2.75) is 19.0 Å². The van der Waals surface area contributed by atoms with Gasteiger partial charge in [-0.05, 0) is 12.5 Å². The third kappa shape index (κ3) is 2.17. The van der Waals surface area contributed by atoms with E-state index in [1.807, 2.05) is 12.1 Å². The van der Waals surface area contributed by atoms with E-state index in [4.69, 9.17) is 5.73 Å². The summed E-state index contributed by atoms with van der Waals surface area (Å²) >= 11 is 0. The highest BCUT2D eigenvalue weighted by Gasteiger charge is 2.41. The van der Waals surface area contributed by atoms with Gasteiger partial charge in [-0.15, -0.1) is 0 Å². The highest BCUT2D eigenvalue weighted by molar-refractivity contribution is 5.82. The van der Waals surface area contributed by atoms with E-state index in [1.54, 1.807) is 24.1 Å². The fraction of sp³-hybridized carbons (Fsp3) is 0.417. The minimum atomic E-state index is -0.0177. The molecule has 1 aliphatic carbocycles. The normalized spacial score (nSPS) is 22.9. The van der Waals surface area contributed by atoms with E-state index in [-0.39, 0.29) is 23.6 Å². The van der Waals surface area contributed by atoms with E-state index in [9.17, 15) is 9.90 Å². The molecule has 86 valence electrons. The van der Waals surface area contributed by atoms with Crippen LogP contribution in [0.15, 0.2) is 24.3 Å². The average Bonchev–Trinajstić information content (AvgIpc) is 2.98. The third-order valence-electron chi connectivity index (χ3n) is 2.93. The molecule has 0 heterocycles. The molecular formula is C12H16N2O2. The van der Waals surface area contributed by atoms with Crippen LogP contribution in [0, 0.1) is 5.92 Å². The number of carbonyl (C=O) groups is 1. The number of phenols is 1. The Hall–Kier alpha value is -1.55. The number of hydrogen-bond donors (Lipinski definition) is 2. The van der Waals surface area contributed by atoms with Crippen molar-refractivity contribution in [3.63, 3.8) is 0 Å². The van der Waals surface area contributed by atoms with Crippen LogP contribution < -0.4 is 5.73 Å². The predicted octanol–water partition coefficient (Wildman–Crippen LogP) is 0.698. The fourth-order valence-electron chi connectivity index (χ4n) is 1.76. The lowest BCUT2D eigenvalue weighted by atomic mass is 10.2. The second-order valence-electron chi connectivity index (χ2n) is 4.33. The lowest BCUT2D eigenvalue weighted by Gasteiger charge is -2.17. The Morgan fingerprint density at radius 1 is 1.56 bits per heavy atom. The van der Waals surface area contributed by atoms with E-state index in [0.29, 0.717) is 6.54 Å². The van der Waals surface area contributed by atoms with Crippen LogP contribution in [0.2, 0.25) is 0 Å². The zero-order chi connectivity index (χ0) is 11.7. The number of nitrogens with two attached hydrogens (primary N) is 1. The first-order valence-electron chi connectivity index (χ1n) is 5.37. The van der Waals surface area contributed by atoms with Gasteiger partial charge in [0.1, 0.15) is 5.75 Å². The van der Waals surface area contributed by atoms with Gasteiger partial charge >= 0.3 is 0 Å². The Morgan fingerprint density at radius 3 is 2.75 bits per heavy atom. The summed E-state index contributed by atoms with van der Waals surface area (Å²) in [6.45, 7) is 0.425. The lowest BCUT2D eigenvalue weighted by molar-refractivity contribution is -0.131. The Bertz CT molecular complexity index is 406. The van der Waals surface area contributed by atoms with Crippen molar-refractivity contribution in [3.05, 3.63) is 29.8 Å². The maximum absolute atomic E-state index is 11.8. The molecule has 1 aliphatic rings. The van der Waals surface area contributed by atoms with Gasteiger partial charge in [0.05, 0.1) is 5.92 Å². The Labute approximate surface area is 94.7 Å². The molecule has 0 bridgehead atoms. The molecule has 1 fully saturated rings. The zero-order valence-corrected chi connectivity index (χ0v) is 9.26.